The van der Waals surface area contributed by atoms with Crippen molar-refractivity contribution in [2.45, 2.75) is 31.4 Å². The zero-order valence-electron chi connectivity index (χ0n) is 12.5. The highest BCUT2D eigenvalue weighted by Gasteiger charge is 2.37. The quantitative estimate of drug-likeness (QED) is 0.782. The van der Waals surface area contributed by atoms with E-state index in [0.29, 0.717) is 11.4 Å². The molecule has 0 spiro atoms. The van der Waals surface area contributed by atoms with Crippen LogP contribution in [0.5, 0.6) is 0 Å². The fraction of sp³-hybridized carbons (Fsp3) is 0.375. The Balaban J connectivity index is 1.71. The first-order chi connectivity index (χ1) is 11.0. The van der Waals surface area contributed by atoms with Crippen LogP contribution in [0.2, 0.25) is 5.02 Å². The lowest BCUT2D eigenvalue weighted by molar-refractivity contribution is -0.137. The highest BCUT2D eigenvalue weighted by atomic mass is 35.5. The number of amides is 2. The van der Waals surface area contributed by atoms with E-state index in [-0.39, 0.29) is 25.3 Å². The van der Waals surface area contributed by atoms with Gasteiger partial charge >= 0.3 is 0 Å². The summed E-state index contributed by atoms with van der Waals surface area (Å²) in [6.07, 6.45) is 2.15. The number of carbonyl (C=O) groups is 2. The standard InChI is InChI=1S/C16H18ClN3O3/c17-10-2-3-13-12(5-10)9(7-19-13)1-4-15(22)20-8-11(21)6-14(20)16(18)23/h2-3,5,7,11,14,19,21H,1,4,6,8H2,(H2,18,23)/t11-,14+/m1/s1. The normalized spacial score (nSPS) is 21.0. The van der Waals surface area contributed by atoms with Gasteiger partial charge in [0.15, 0.2) is 0 Å². The lowest BCUT2D eigenvalue weighted by Crippen LogP contribution is -2.43. The second-order valence-electron chi connectivity index (χ2n) is 5.86. The number of nitrogens with one attached hydrogen (secondary N) is 1. The van der Waals surface area contributed by atoms with Gasteiger partial charge in [-0.05, 0) is 30.2 Å². The molecule has 3 rings (SSSR count). The summed E-state index contributed by atoms with van der Waals surface area (Å²) in [6, 6.07) is 4.84. The average molecular weight is 336 g/mol. The minimum absolute atomic E-state index is 0.159. The first kappa shape index (κ1) is 15.8. The third-order valence-electron chi connectivity index (χ3n) is 4.27. The number of aliphatic hydroxyl groups is 1. The van der Waals surface area contributed by atoms with Gasteiger partial charge in [0, 0.05) is 41.5 Å². The van der Waals surface area contributed by atoms with Gasteiger partial charge in [-0.25, -0.2) is 0 Å². The number of β-amino-alcohol motifs (C(OH)–C–C–N with tert-alkyl or cyclic N) is 1. The number of aromatic amines is 1. The number of fused-ring (bicyclic) bond motifs is 1. The number of aryl methyl sites for hydroxylation is 1. The van der Waals surface area contributed by atoms with E-state index in [2.05, 4.69) is 4.98 Å². The number of rotatable bonds is 4. The highest BCUT2D eigenvalue weighted by molar-refractivity contribution is 6.31. The van der Waals surface area contributed by atoms with Crippen molar-refractivity contribution in [1.29, 1.82) is 0 Å². The number of H-pyrrole nitrogens is 1. The Bertz CT molecular complexity index is 758. The molecule has 2 heterocycles. The van der Waals surface area contributed by atoms with Gasteiger partial charge < -0.3 is 20.7 Å². The zero-order chi connectivity index (χ0) is 16.6. The number of halogens is 1. The molecule has 0 saturated carbocycles. The van der Waals surface area contributed by atoms with Crippen LogP contribution in [0.25, 0.3) is 10.9 Å². The van der Waals surface area contributed by atoms with Crippen LogP contribution in [0.15, 0.2) is 24.4 Å². The fourth-order valence-electron chi connectivity index (χ4n) is 3.10. The number of nitrogens with zero attached hydrogens (tertiary/aromatic N) is 1. The molecule has 0 radical (unpaired) electrons. The van der Waals surface area contributed by atoms with Gasteiger partial charge in [-0.15, -0.1) is 0 Å². The average Bonchev–Trinajstić information content (AvgIpc) is 3.08. The lowest BCUT2D eigenvalue weighted by Gasteiger charge is -2.21. The molecular formula is C16H18ClN3O3. The molecule has 1 saturated heterocycles. The molecule has 1 aromatic carbocycles. The second-order valence-corrected chi connectivity index (χ2v) is 6.29. The van der Waals surface area contributed by atoms with Gasteiger partial charge in [-0.1, -0.05) is 11.6 Å². The first-order valence-electron chi connectivity index (χ1n) is 7.48. The van der Waals surface area contributed by atoms with Crippen molar-refractivity contribution in [3.8, 4) is 0 Å². The predicted octanol–water partition coefficient (Wildman–Crippen LogP) is 1.20. The van der Waals surface area contributed by atoms with Crippen LogP contribution in [0.4, 0.5) is 0 Å². The maximum absolute atomic E-state index is 12.4. The third-order valence-corrected chi connectivity index (χ3v) is 4.50. The van der Waals surface area contributed by atoms with Gasteiger partial charge in [-0.3, -0.25) is 9.59 Å². The molecule has 1 fully saturated rings. The van der Waals surface area contributed by atoms with Gasteiger partial charge in [0.2, 0.25) is 11.8 Å². The third kappa shape index (κ3) is 3.18. The SMILES string of the molecule is NC(=O)[C@@H]1C[C@@H](O)CN1C(=O)CCc1c[nH]c2ccc(Cl)cc12. The summed E-state index contributed by atoms with van der Waals surface area (Å²) in [7, 11) is 0. The van der Waals surface area contributed by atoms with Crippen LogP contribution in [-0.2, 0) is 16.0 Å². The van der Waals surface area contributed by atoms with E-state index in [4.69, 9.17) is 17.3 Å². The van der Waals surface area contributed by atoms with Crippen molar-refractivity contribution in [2.75, 3.05) is 6.54 Å². The van der Waals surface area contributed by atoms with Gasteiger partial charge in [0.1, 0.15) is 6.04 Å². The molecule has 2 aromatic rings. The number of likely N-dealkylation sites (tertiary alicyclic amines) is 1. The van der Waals surface area contributed by atoms with E-state index >= 15 is 0 Å². The predicted molar refractivity (Wildman–Crippen MR) is 86.9 cm³/mol. The van der Waals surface area contributed by atoms with Crippen molar-refractivity contribution < 1.29 is 14.7 Å². The number of carbonyl (C=O) groups excluding carboxylic acids is 2. The number of primary amides is 1. The molecule has 7 heteroatoms. The maximum Gasteiger partial charge on any atom is 0.240 e. The summed E-state index contributed by atoms with van der Waals surface area (Å²) in [4.78, 5) is 28.3. The fourth-order valence-corrected chi connectivity index (χ4v) is 3.27. The Hall–Kier alpha value is -2.05. The Morgan fingerprint density at radius 3 is 2.96 bits per heavy atom. The minimum atomic E-state index is -0.713. The Labute approximate surface area is 138 Å². The van der Waals surface area contributed by atoms with E-state index in [1.54, 1.807) is 6.07 Å². The van der Waals surface area contributed by atoms with Gasteiger partial charge in [0.05, 0.1) is 6.10 Å². The number of nitrogens with two attached hydrogens (primary N) is 1. The molecular weight excluding hydrogens is 318 g/mol. The molecule has 2 atom stereocenters. The van der Waals surface area contributed by atoms with Crippen LogP contribution < -0.4 is 5.73 Å². The van der Waals surface area contributed by atoms with E-state index in [1.807, 2.05) is 18.3 Å². The van der Waals surface area contributed by atoms with Crippen LogP contribution in [0.1, 0.15) is 18.4 Å². The number of benzene rings is 1. The van der Waals surface area contributed by atoms with Crippen molar-refractivity contribution in [3.63, 3.8) is 0 Å². The van der Waals surface area contributed by atoms with Crippen LogP contribution in [0.3, 0.4) is 0 Å². The summed E-state index contributed by atoms with van der Waals surface area (Å²) in [6.45, 7) is 0.159. The Morgan fingerprint density at radius 1 is 1.43 bits per heavy atom. The van der Waals surface area contributed by atoms with Crippen molar-refractivity contribution in [1.82, 2.24) is 9.88 Å². The topological polar surface area (TPSA) is 99.4 Å². The van der Waals surface area contributed by atoms with E-state index in [1.165, 1.54) is 4.90 Å². The van der Waals surface area contributed by atoms with Gasteiger partial charge in [-0.2, -0.15) is 0 Å². The molecule has 122 valence electrons. The molecule has 2 amide bonds. The summed E-state index contributed by atoms with van der Waals surface area (Å²) in [5, 5.41) is 11.3. The van der Waals surface area contributed by atoms with Gasteiger partial charge in [0.25, 0.3) is 0 Å². The largest absolute Gasteiger partial charge is 0.391 e. The van der Waals surface area contributed by atoms with E-state index in [0.717, 1.165) is 16.5 Å². The van der Waals surface area contributed by atoms with Crippen LogP contribution in [-0.4, -0.2) is 45.5 Å². The maximum atomic E-state index is 12.4. The second kappa shape index (κ2) is 6.22. The molecule has 0 unspecified atom stereocenters. The van der Waals surface area contributed by atoms with Crippen molar-refractivity contribution in [2.24, 2.45) is 5.73 Å². The molecule has 1 aliphatic rings. The van der Waals surface area contributed by atoms with E-state index < -0.39 is 18.1 Å². The molecule has 0 aliphatic carbocycles. The molecule has 6 nitrogen and oxygen atoms in total. The molecule has 1 aliphatic heterocycles. The monoisotopic (exact) mass is 335 g/mol. The lowest BCUT2D eigenvalue weighted by atomic mass is 10.1. The van der Waals surface area contributed by atoms with Crippen molar-refractivity contribution >= 4 is 34.3 Å². The minimum Gasteiger partial charge on any atom is -0.391 e. The molecule has 4 N–H and O–H groups in total. The Morgan fingerprint density at radius 2 is 2.22 bits per heavy atom. The molecule has 23 heavy (non-hydrogen) atoms. The summed E-state index contributed by atoms with van der Waals surface area (Å²) >= 11 is 6.02. The molecule has 1 aromatic heterocycles. The first-order valence-corrected chi connectivity index (χ1v) is 7.86. The number of hydrogen-bond acceptors (Lipinski definition) is 3. The molecule has 0 bridgehead atoms. The number of aliphatic hydroxyl groups excluding tert-OH is 1. The smallest absolute Gasteiger partial charge is 0.240 e. The van der Waals surface area contributed by atoms with Crippen molar-refractivity contribution in [3.05, 3.63) is 35.0 Å². The summed E-state index contributed by atoms with van der Waals surface area (Å²) < 4.78 is 0. The summed E-state index contributed by atoms with van der Waals surface area (Å²) in [5.74, 6) is -0.754. The Kier molecular flexibility index (Phi) is 4.28. The highest BCUT2D eigenvalue weighted by Crippen LogP contribution is 2.24. The summed E-state index contributed by atoms with van der Waals surface area (Å²) in [5.41, 5.74) is 7.26. The number of hydrogen-bond donors (Lipinski definition) is 3. The number of aromatic nitrogens is 1. The van der Waals surface area contributed by atoms with Crippen LogP contribution >= 0.6 is 11.6 Å². The van der Waals surface area contributed by atoms with E-state index in [9.17, 15) is 14.7 Å². The van der Waals surface area contributed by atoms with Crippen LogP contribution in [0, 0.1) is 0 Å². The zero-order valence-corrected chi connectivity index (χ0v) is 13.2.